The number of esters is 3. The molecule has 43 heavy (non-hydrogen) atoms. The first-order valence-corrected chi connectivity index (χ1v) is 14.4. The minimum atomic E-state index is -1.64. The number of nitrogens with zero attached hydrogens (tertiary/aromatic N) is 3. The number of rotatable bonds is 10. The average molecular weight is 642 g/mol. The van der Waals surface area contributed by atoms with Crippen molar-refractivity contribution < 1.29 is 46.5 Å². The van der Waals surface area contributed by atoms with Gasteiger partial charge in [-0.3, -0.25) is 14.4 Å². The summed E-state index contributed by atoms with van der Waals surface area (Å²) in [7, 11) is 0. The van der Waals surface area contributed by atoms with Crippen molar-refractivity contribution in [2.75, 3.05) is 12.4 Å². The summed E-state index contributed by atoms with van der Waals surface area (Å²) in [6, 6.07) is 7.68. The maximum absolute atomic E-state index is 14.0. The number of aromatic nitrogens is 3. The van der Waals surface area contributed by atoms with Gasteiger partial charge in [-0.2, -0.15) is 0 Å². The third-order valence-electron chi connectivity index (χ3n) is 6.35. The number of thioether (sulfide) groups is 1. The molecule has 1 aromatic heterocycles. The second-order valence-electron chi connectivity index (χ2n) is 9.57. The molecular weight excluding hydrogens is 615 g/mol. The molecule has 1 fully saturated rings. The molecule has 1 saturated heterocycles. The van der Waals surface area contributed by atoms with Crippen molar-refractivity contribution in [1.82, 2.24) is 15.0 Å². The molecule has 5 atom stereocenters. The van der Waals surface area contributed by atoms with Crippen molar-refractivity contribution in [3.05, 3.63) is 70.6 Å². The largest absolute Gasteiger partial charge is 0.463 e. The third-order valence-corrected chi connectivity index (χ3v) is 7.75. The van der Waals surface area contributed by atoms with E-state index in [0.29, 0.717) is 17.2 Å². The normalized spacial score (nSPS) is 21.7. The fourth-order valence-corrected chi connectivity index (χ4v) is 5.86. The van der Waals surface area contributed by atoms with E-state index in [0.717, 1.165) is 24.6 Å². The Kier molecular flexibility index (Phi) is 10.7. The molecule has 0 unspecified atom stereocenters. The molecule has 0 N–H and O–H groups in total. The summed E-state index contributed by atoms with van der Waals surface area (Å²) >= 11 is 7.27. The van der Waals surface area contributed by atoms with E-state index < -0.39 is 65.1 Å². The van der Waals surface area contributed by atoms with Crippen LogP contribution in [-0.2, 0) is 39.8 Å². The number of hydrogen-bond donors (Lipinski definition) is 0. The Morgan fingerprint density at radius 3 is 2.21 bits per heavy atom. The number of aryl methyl sites for hydroxylation is 1. The van der Waals surface area contributed by atoms with Gasteiger partial charge in [0, 0.05) is 31.4 Å². The van der Waals surface area contributed by atoms with Gasteiger partial charge in [-0.05, 0) is 42.0 Å². The SMILES string of the molecule is CC(=O)OC[C@H]1O[C@H](SCCc2ccc(Cl)cc2)[C@H](OC(C)=O)[C@@H](n2cc(-c3cc(F)c(F)c(F)c3)nn2)[C@H]1OC(C)=O. The monoisotopic (exact) mass is 641 g/mol. The number of carbonyl (C=O) groups excluding carboxylic acids is 3. The van der Waals surface area contributed by atoms with Gasteiger partial charge < -0.3 is 18.9 Å². The molecule has 230 valence electrons. The lowest BCUT2D eigenvalue weighted by molar-refractivity contribution is -0.212. The Hall–Kier alpha value is -3.62. The van der Waals surface area contributed by atoms with Crippen LogP contribution >= 0.6 is 23.4 Å². The fourth-order valence-electron chi connectivity index (χ4n) is 4.52. The van der Waals surface area contributed by atoms with Crippen LogP contribution in [0.2, 0.25) is 5.02 Å². The second kappa shape index (κ2) is 14.2. The van der Waals surface area contributed by atoms with Gasteiger partial charge in [0.2, 0.25) is 0 Å². The smallest absolute Gasteiger partial charge is 0.303 e. The van der Waals surface area contributed by atoms with Gasteiger partial charge in [0.1, 0.15) is 29.9 Å². The van der Waals surface area contributed by atoms with E-state index in [4.69, 9.17) is 30.5 Å². The summed E-state index contributed by atoms with van der Waals surface area (Å²) in [5, 5.41) is 8.63. The van der Waals surface area contributed by atoms with E-state index in [1.54, 1.807) is 12.1 Å². The number of ether oxygens (including phenoxy) is 4. The fraction of sp³-hybridized carbons (Fsp3) is 0.393. The highest BCUT2D eigenvalue weighted by atomic mass is 35.5. The lowest BCUT2D eigenvalue weighted by atomic mass is 9.96. The molecule has 0 amide bonds. The zero-order chi connectivity index (χ0) is 31.3. The zero-order valence-corrected chi connectivity index (χ0v) is 24.7. The Morgan fingerprint density at radius 1 is 0.977 bits per heavy atom. The summed E-state index contributed by atoms with van der Waals surface area (Å²) in [5.74, 6) is -6.01. The van der Waals surface area contributed by atoms with Crippen LogP contribution in [0.15, 0.2) is 42.6 Å². The highest BCUT2D eigenvalue weighted by molar-refractivity contribution is 7.99. The van der Waals surface area contributed by atoms with E-state index in [2.05, 4.69) is 10.3 Å². The van der Waals surface area contributed by atoms with E-state index in [1.807, 2.05) is 12.1 Å². The Labute approximate surface area is 253 Å². The average Bonchev–Trinajstić information content (AvgIpc) is 3.42. The molecule has 3 aromatic rings. The van der Waals surface area contributed by atoms with Crippen LogP contribution < -0.4 is 0 Å². The molecule has 2 aromatic carbocycles. The van der Waals surface area contributed by atoms with Crippen molar-refractivity contribution in [3.63, 3.8) is 0 Å². The summed E-state index contributed by atoms with van der Waals surface area (Å²) in [6.07, 6.45) is -1.50. The van der Waals surface area contributed by atoms with Crippen molar-refractivity contribution in [1.29, 1.82) is 0 Å². The number of halogens is 4. The van der Waals surface area contributed by atoms with Gasteiger partial charge in [-0.25, -0.2) is 17.9 Å². The van der Waals surface area contributed by atoms with E-state index in [-0.39, 0.29) is 17.9 Å². The molecule has 0 aliphatic carbocycles. The number of benzene rings is 2. The molecule has 1 aliphatic rings. The predicted octanol–water partition coefficient (Wildman–Crippen LogP) is 4.68. The van der Waals surface area contributed by atoms with Crippen molar-refractivity contribution in [3.8, 4) is 11.3 Å². The van der Waals surface area contributed by atoms with Crippen LogP contribution in [0.25, 0.3) is 11.3 Å². The second-order valence-corrected chi connectivity index (χ2v) is 11.2. The first-order valence-electron chi connectivity index (χ1n) is 13.0. The molecule has 2 heterocycles. The van der Waals surface area contributed by atoms with Gasteiger partial charge in [0.25, 0.3) is 0 Å². The molecule has 4 rings (SSSR count). The van der Waals surface area contributed by atoms with Crippen molar-refractivity contribution in [2.45, 2.75) is 57.0 Å². The summed E-state index contributed by atoms with van der Waals surface area (Å²) < 4.78 is 65.4. The summed E-state index contributed by atoms with van der Waals surface area (Å²) in [6.45, 7) is 3.23. The topological polar surface area (TPSA) is 119 Å². The summed E-state index contributed by atoms with van der Waals surface area (Å²) in [5.41, 5.74) is -0.0480. The lowest BCUT2D eigenvalue weighted by Gasteiger charge is -2.44. The number of carbonyl (C=O) groups is 3. The standard InChI is InChI=1S/C28H27ClF3N3O7S/c1-14(36)39-13-23-26(40-15(2)37)25(35-12-22(33-34-35)18-10-20(30)24(32)21(31)11-18)27(41-16(3)38)28(42-23)43-9-8-17-4-6-19(29)7-5-17/h4-7,10-12,23,25-28H,8-9,13H2,1-3H3/t23-,25+,26+,27-,28-/m1/s1. The number of hydrogen-bond acceptors (Lipinski definition) is 10. The van der Waals surface area contributed by atoms with E-state index >= 15 is 0 Å². The molecule has 0 radical (unpaired) electrons. The third kappa shape index (κ3) is 8.27. The molecule has 0 spiro atoms. The lowest BCUT2D eigenvalue weighted by Crippen LogP contribution is -2.58. The quantitative estimate of drug-likeness (QED) is 0.175. The Balaban J connectivity index is 1.72. The maximum atomic E-state index is 14.0. The first-order chi connectivity index (χ1) is 20.4. The van der Waals surface area contributed by atoms with Gasteiger partial charge >= 0.3 is 17.9 Å². The van der Waals surface area contributed by atoms with Gasteiger partial charge in [0.05, 0.1) is 6.20 Å². The molecule has 15 heteroatoms. The Bertz CT molecular complexity index is 1450. The highest BCUT2D eigenvalue weighted by Crippen LogP contribution is 2.39. The van der Waals surface area contributed by atoms with Crippen LogP contribution in [0, 0.1) is 17.5 Å². The molecule has 0 bridgehead atoms. The molecule has 0 saturated carbocycles. The van der Waals surface area contributed by atoms with Crippen LogP contribution in [-0.4, -0.2) is 69.0 Å². The van der Waals surface area contributed by atoms with Crippen molar-refractivity contribution >= 4 is 41.3 Å². The minimum absolute atomic E-state index is 0.0454. The summed E-state index contributed by atoms with van der Waals surface area (Å²) in [4.78, 5) is 36.1. The van der Waals surface area contributed by atoms with Gasteiger partial charge in [0.15, 0.2) is 29.7 Å². The predicted molar refractivity (Wildman–Crippen MR) is 148 cm³/mol. The van der Waals surface area contributed by atoms with Crippen LogP contribution in [0.3, 0.4) is 0 Å². The van der Waals surface area contributed by atoms with Crippen LogP contribution in [0.1, 0.15) is 32.4 Å². The maximum Gasteiger partial charge on any atom is 0.303 e. The van der Waals surface area contributed by atoms with Crippen molar-refractivity contribution in [2.24, 2.45) is 0 Å². The molecule has 1 aliphatic heterocycles. The Morgan fingerprint density at radius 2 is 1.60 bits per heavy atom. The highest BCUT2D eigenvalue weighted by Gasteiger charge is 2.51. The van der Waals surface area contributed by atoms with Gasteiger partial charge in [-0.1, -0.05) is 28.9 Å². The van der Waals surface area contributed by atoms with Crippen LogP contribution in [0.5, 0.6) is 0 Å². The molecular formula is C28H27ClF3N3O7S. The first kappa shape index (κ1) is 32.3. The van der Waals surface area contributed by atoms with Crippen LogP contribution in [0.4, 0.5) is 13.2 Å². The van der Waals surface area contributed by atoms with E-state index in [1.165, 1.54) is 36.5 Å². The zero-order valence-electron chi connectivity index (χ0n) is 23.2. The van der Waals surface area contributed by atoms with E-state index in [9.17, 15) is 27.6 Å². The minimum Gasteiger partial charge on any atom is -0.463 e. The van der Waals surface area contributed by atoms with Gasteiger partial charge in [-0.15, -0.1) is 16.9 Å². The molecule has 10 nitrogen and oxygen atoms in total.